The molecule has 0 aliphatic rings. The van der Waals surface area contributed by atoms with Crippen molar-refractivity contribution in [3.8, 4) is 0 Å². The van der Waals surface area contributed by atoms with Gasteiger partial charge >= 0.3 is 12.1 Å². The van der Waals surface area contributed by atoms with E-state index in [1.807, 2.05) is 13.1 Å². The highest BCUT2D eigenvalue weighted by molar-refractivity contribution is 6.74. The second-order valence-electron chi connectivity index (χ2n) is 6.04. The van der Waals surface area contributed by atoms with Gasteiger partial charge in [-0.3, -0.25) is 0 Å². The van der Waals surface area contributed by atoms with Gasteiger partial charge in [-0.15, -0.1) is 0 Å². The topological polar surface area (TPSA) is 84.9 Å². The average Bonchev–Trinajstić information content (AvgIpc) is 2.22. The Kier molecular flexibility index (Phi) is 6.02. The van der Waals surface area contributed by atoms with Crippen LogP contribution in [0.1, 0.15) is 27.7 Å². The normalized spacial score (nSPS) is 15.5. The van der Waals surface area contributed by atoms with Crippen molar-refractivity contribution >= 4 is 20.4 Å². The molecule has 7 heteroatoms. The Morgan fingerprint density at radius 1 is 1.26 bits per heavy atom. The Labute approximate surface area is 115 Å². The summed E-state index contributed by atoms with van der Waals surface area (Å²) >= 11 is 0. The van der Waals surface area contributed by atoms with Gasteiger partial charge in [-0.25, -0.2) is 9.59 Å². The molecule has 0 fully saturated rings. The van der Waals surface area contributed by atoms with Crippen molar-refractivity contribution in [3.05, 3.63) is 0 Å². The molecule has 0 heterocycles. The first-order chi connectivity index (χ1) is 8.42. The van der Waals surface area contributed by atoms with Gasteiger partial charge in [0, 0.05) is 0 Å². The van der Waals surface area contributed by atoms with Crippen LogP contribution in [0.5, 0.6) is 0 Å². The van der Waals surface area contributed by atoms with Gasteiger partial charge in [0.15, 0.2) is 14.4 Å². The van der Waals surface area contributed by atoms with Crippen LogP contribution >= 0.6 is 0 Å². The SMILES string of the molecule is COC(=O)N[C@H](C(=O)O)C(C)O[Si](C)(C)C(C)(C)C. The number of carbonyl (C=O) groups excluding carboxylic acids is 1. The summed E-state index contributed by atoms with van der Waals surface area (Å²) in [6.45, 7) is 11.9. The van der Waals surface area contributed by atoms with Crippen LogP contribution in [0, 0.1) is 0 Å². The molecule has 0 aromatic rings. The van der Waals surface area contributed by atoms with E-state index in [1.165, 1.54) is 7.11 Å². The van der Waals surface area contributed by atoms with E-state index in [9.17, 15) is 9.59 Å². The Hall–Kier alpha value is -1.08. The second kappa shape index (κ2) is 6.38. The summed E-state index contributed by atoms with van der Waals surface area (Å²) in [5.41, 5.74) is 0. The van der Waals surface area contributed by atoms with Gasteiger partial charge in [0.05, 0.1) is 13.2 Å². The Balaban J connectivity index is 4.89. The molecule has 1 amide bonds. The average molecular weight is 291 g/mol. The zero-order chi connectivity index (χ0) is 15.4. The molecule has 0 radical (unpaired) electrons. The van der Waals surface area contributed by atoms with E-state index in [1.54, 1.807) is 6.92 Å². The number of hydrogen-bond donors (Lipinski definition) is 2. The molecule has 6 nitrogen and oxygen atoms in total. The Morgan fingerprint density at radius 3 is 2.05 bits per heavy atom. The van der Waals surface area contributed by atoms with Crippen molar-refractivity contribution in [2.24, 2.45) is 0 Å². The van der Waals surface area contributed by atoms with E-state index in [-0.39, 0.29) is 5.04 Å². The fourth-order valence-corrected chi connectivity index (χ4v) is 2.69. The van der Waals surface area contributed by atoms with E-state index in [2.05, 4.69) is 30.8 Å². The highest BCUT2D eigenvalue weighted by Crippen LogP contribution is 2.37. The lowest BCUT2D eigenvalue weighted by molar-refractivity contribution is -0.141. The van der Waals surface area contributed by atoms with E-state index < -0.39 is 32.5 Å². The van der Waals surface area contributed by atoms with Gasteiger partial charge in [0.1, 0.15) is 0 Å². The maximum atomic E-state index is 11.2. The standard InChI is InChI=1S/C12H25NO5Si/c1-8(18-19(6,7)12(2,3)4)9(10(14)15)13-11(16)17-5/h8-9H,1-7H3,(H,13,16)(H,14,15)/t8?,9-/m0/s1. The van der Waals surface area contributed by atoms with E-state index in [4.69, 9.17) is 9.53 Å². The second-order valence-corrected chi connectivity index (χ2v) is 10.8. The molecule has 0 saturated heterocycles. The molecular weight excluding hydrogens is 266 g/mol. The van der Waals surface area contributed by atoms with E-state index >= 15 is 0 Å². The van der Waals surface area contributed by atoms with Crippen LogP contribution in [0.25, 0.3) is 0 Å². The van der Waals surface area contributed by atoms with Crippen molar-refractivity contribution in [2.75, 3.05) is 7.11 Å². The zero-order valence-corrected chi connectivity index (χ0v) is 13.7. The third kappa shape index (κ3) is 5.20. The van der Waals surface area contributed by atoms with Crippen LogP contribution < -0.4 is 5.32 Å². The summed E-state index contributed by atoms with van der Waals surface area (Å²) < 4.78 is 10.4. The summed E-state index contributed by atoms with van der Waals surface area (Å²) in [7, 11) is -0.905. The third-order valence-corrected chi connectivity index (χ3v) is 8.05. The lowest BCUT2D eigenvalue weighted by Crippen LogP contribution is -2.53. The first kappa shape index (κ1) is 17.9. The fraction of sp³-hybridized carbons (Fsp3) is 0.833. The number of amides is 1. The first-order valence-electron chi connectivity index (χ1n) is 6.17. The van der Waals surface area contributed by atoms with Crippen LogP contribution in [-0.4, -0.2) is 44.7 Å². The number of nitrogens with one attached hydrogen (secondary N) is 1. The Morgan fingerprint density at radius 2 is 1.74 bits per heavy atom. The van der Waals surface area contributed by atoms with E-state index in [0.29, 0.717) is 0 Å². The van der Waals surface area contributed by atoms with Crippen molar-refractivity contribution in [2.45, 2.75) is 58.0 Å². The van der Waals surface area contributed by atoms with Gasteiger partial charge in [-0.1, -0.05) is 20.8 Å². The predicted octanol–water partition coefficient (Wildman–Crippen LogP) is 2.21. The fourth-order valence-electron chi connectivity index (χ4n) is 1.28. The molecule has 2 N–H and O–H groups in total. The van der Waals surface area contributed by atoms with Gasteiger partial charge in [-0.05, 0) is 25.1 Å². The molecule has 0 aromatic heterocycles. The predicted molar refractivity (Wildman–Crippen MR) is 74.7 cm³/mol. The van der Waals surface area contributed by atoms with Crippen molar-refractivity contribution in [1.82, 2.24) is 5.32 Å². The number of alkyl carbamates (subject to hydrolysis) is 1. The maximum absolute atomic E-state index is 11.2. The molecule has 0 bridgehead atoms. The number of hydrogen-bond acceptors (Lipinski definition) is 4. The largest absolute Gasteiger partial charge is 0.480 e. The molecular formula is C12H25NO5Si. The van der Waals surface area contributed by atoms with Crippen molar-refractivity contribution < 1.29 is 23.9 Å². The molecule has 0 aromatic carbocycles. The molecule has 0 saturated carbocycles. The summed E-state index contributed by atoms with van der Waals surface area (Å²) in [5, 5.41) is 11.4. The maximum Gasteiger partial charge on any atom is 0.407 e. The number of ether oxygens (including phenoxy) is 1. The van der Waals surface area contributed by atoms with Gasteiger partial charge in [-0.2, -0.15) is 0 Å². The molecule has 0 aliphatic heterocycles. The summed E-state index contributed by atoms with van der Waals surface area (Å²) in [6, 6.07) is -1.12. The van der Waals surface area contributed by atoms with Crippen molar-refractivity contribution in [1.29, 1.82) is 0 Å². The molecule has 2 atom stereocenters. The Bertz CT molecular complexity index is 338. The molecule has 0 aliphatic carbocycles. The monoisotopic (exact) mass is 291 g/mol. The number of aliphatic carboxylic acids is 1. The van der Waals surface area contributed by atoms with Crippen LogP contribution in [0.2, 0.25) is 18.1 Å². The van der Waals surface area contributed by atoms with Gasteiger partial charge in [0.2, 0.25) is 0 Å². The quantitative estimate of drug-likeness (QED) is 0.759. The zero-order valence-electron chi connectivity index (χ0n) is 12.7. The minimum atomic E-state index is -2.09. The van der Waals surface area contributed by atoms with Crippen molar-refractivity contribution in [3.63, 3.8) is 0 Å². The van der Waals surface area contributed by atoms with E-state index in [0.717, 1.165) is 0 Å². The summed E-state index contributed by atoms with van der Waals surface area (Å²) in [5.74, 6) is -1.14. The molecule has 19 heavy (non-hydrogen) atoms. The number of carboxylic acids is 1. The van der Waals surface area contributed by atoms with Crippen LogP contribution in [0.3, 0.4) is 0 Å². The number of methoxy groups -OCH3 is 1. The highest BCUT2D eigenvalue weighted by Gasteiger charge is 2.41. The van der Waals surface area contributed by atoms with Gasteiger partial charge in [0.25, 0.3) is 0 Å². The lowest BCUT2D eigenvalue weighted by Gasteiger charge is -2.39. The van der Waals surface area contributed by atoms with Crippen LogP contribution in [0.15, 0.2) is 0 Å². The minimum Gasteiger partial charge on any atom is -0.480 e. The smallest absolute Gasteiger partial charge is 0.407 e. The summed E-state index contributed by atoms with van der Waals surface area (Å²) in [6.07, 6.45) is -1.41. The number of carboxylic acid groups (broad SMARTS) is 1. The molecule has 1 unspecified atom stereocenters. The summed E-state index contributed by atoms with van der Waals surface area (Å²) in [4.78, 5) is 22.3. The van der Waals surface area contributed by atoms with Crippen LogP contribution in [-0.2, 0) is 14.0 Å². The van der Waals surface area contributed by atoms with Crippen LogP contribution in [0.4, 0.5) is 4.79 Å². The van der Waals surface area contributed by atoms with Gasteiger partial charge < -0.3 is 19.6 Å². The highest BCUT2D eigenvalue weighted by atomic mass is 28.4. The number of rotatable bonds is 5. The first-order valence-corrected chi connectivity index (χ1v) is 9.08. The molecule has 112 valence electrons. The third-order valence-electron chi connectivity index (χ3n) is 3.48. The molecule has 0 spiro atoms. The minimum absolute atomic E-state index is 0.0322. The molecule has 0 rings (SSSR count). The number of carbonyl (C=O) groups is 2. The lowest BCUT2D eigenvalue weighted by atomic mass is 10.2.